The smallest absolute Gasteiger partial charge is 0.319 e. The van der Waals surface area contributed by atoms with Crippen LogP contribution in [0.15, 0.2) is 42.5 Å². The van der Waals surface area contributed by atoms with Gasteiger partial charge in [0.05, 0.1) is 5.75 Å². The van der Waals surface area contributed by atoms with Crippen LogP contribution in [0.5, 0.6) is 0 Å². The van der Waals surface area contributed by atoms with E-state index in [1.807, 2.05) is 26.0 Å². The van der Waals surface area contributed by atoms with Gasteiger partial charge in [-0.2, -0.15) is 0 Å². The number of rotatable bonds is 8. The molecular formula is C21H22FNO4S. The van der Waals surface area contributed by atoms with E-state index in [4.69, 9.17) is 4.74 Å². The van der Waals surface area contributed by atoms with E-state index in [1.54, 1.807) is 13.0 Å². The molecule has 0 spiro atoms. The van der Waals surface area contributed by atoms with Gasteiger partial charge in [-0.25, -0.2) is 4.39 Å². The van der Waals surface area contributed by atoms with Gasteiger partial charge < -0.3 is 10.1 Å². The van der Waals surface area contributed by atoms with Gasteiger partial charge in [-0.1, -0.05) is 17.7 Å². The number of benzene rings is 2. The van der Waals surface area contributed by atoms with Crippen LogP contribution in [0.25, 0.3) is 0 Å². The third-order valence-electron chi connectivity index (χ3n) is 3.96. The van der Waals surface area contributed by atoms with Crippen LogP contribution in [0.2, 0.25) is 0 Å². The number of hydrogen-bond donors (Lipinski definition) is 1. The number of carbonyl (C=O) groups excluding carboxylic acids is 3. The van der Waals surface area contributed by atoms with E-state index in [0.717, 1.165) is 22.9 Å². The summed E-state index contributed by atoms with van der Waals surface area (Å²) < 4.78 is 18.0. The minimum atomic E-state index is -0.606. The highest BCUT2D eigenvalue weighted by atomic mass is 32.2. The van der Waals surface area contributed by atoms with Gasteiger partial charge in [0, 0.05) is 11.3 Å². The number of anilines is 1. The standard InChI is InChI=1S/C21H22FNO4S/c1-13-4-5-14(2)18(10-13)19(24)11-27-21(26)15(3)28-12-20(25)23-17-8-6-16(22)7-9-17/h4-10,15H,11-12H2,1-3H3,(H,23,25). The average molecular weight is 403 g/mol. The second kappa shape index (κ2) is 10.0. The molecule has 28 heavy (non-hydrogen) atoms. The zero-order valence-corrected chi connectivity index (χ0v) is 16.8. The van der Waals surface area contributed by atoms with Crippen LogP contribution in [-0.4, -0.2) is 35.3 Å². The maximum Gasteiger partial charge on any atom is 0.319 e. The molecule has 0 aliphatic rings. The van der Waals surface area contributed by atoms with Gasteiger partial charge in [0.1, 0.15) is 11.1 Å². The van der Waals surface area contributed by atoms with Crippen molar-refractivity contribution < 1.29 is 23.5 Å². The predicted octanol–water partition coefficient (Wildman–Crippen LogP) is 3.93. The van der Waals surface area contributed by atoms with Gasteiger partial charge in [0.2, 0.25) is 11.7 Å². The summed E-state index contributed by atoms with van der Waals surface area (Å²) in [6.07, 6.45) is 0. The third kappa shape index (κ3) is 6.49. The van der Waals surface area contributed by atoms with Crippen LogP contribution in [0.4, 0.5) is 10.1 Å². The molecule has 0 radical (unpaired) electrons. The Hall–Kier alpha value is -2.67. The minimum absolute atomic E-state index is 0.0264. The first-order valence-electron chi connectivity index (χ1n) is 8.70. The van der Waals surface area contributed by atoms with Crippen molar-refractivity contribution in [3.8, 4) is 0 Å². The summed E-state index contributed by atoms with van der Waals surface area (Å²) in [5, 5.41) is 2.01. The first-order chi connectivity index (χ1) is 13.3. The Balaban J connectivity index is 1.77. The Morgan fingerprint density at radius 3 is 2.46 bits per heavy atom. The molecule has 0 aliphatic carbocycles. The highest BCUT2D eigenvalue weighted by Crippen LogP contribution is 2.15. The number of amides is 1. The fourth-order valence-electron chi connectivity index (χ4n) is 2.37. The van der Waals surface area contributed by atoms with Gasteiger partial charge in [0.25, 0.3) is 0 Å². The lowest BCUT2D eigenvalue weighted by Crippen LogP contribution is -2.24. The molecule has 0 heterocycles. The maximum atomic E-state index is 12.9. The lowest BCUT2D eigenvalue weighted by molar-refractivity contribution is -0.141. The van der Waals surface area contributed by atoms with Crippen molar-refractivity contribution in [1.29, 1.82) is 0 Å². The van der Waals surface area contributed by atoms with Crippen molar-refractivity contribution in [3.05, 3.63) is 65.0 Å². The lowest BCUT2D eigenvalue weighted by Gasteiger charge is -2.12. The van der Waals surface area contributed by atoms with Gasteiger partial charge >= 0.3 is 5.97 Å². The number of esters is 1. The molecule has 1 amide bonds. The number of ketones is 1. The van der Waals surface area contributed by atoms with Crippen LogP contribution in [0.3, 0.4) is 0 Å². The molecular weight excluding hydrogens is 381 g/mol. The van der Waals surface area contributed by atoms with Crippen LogP contribution in [0.1, 0.15) is 28.4 Å². The Kier molecular flexibility index (Phi) is 7.75. The minimum Gasteiger partial charge on any atom is -0.456 e. The van der Waals surface area contributed by atoms with E-state index in [1.165, 1.54) is 24.3 Å². The normalized spacial score (nSPS) is 11.6. The Morgan fingerprint density at radius 2 is 1.79 bits per heavy atom. The Bertz CT molecular complexity index is 867. The zero-order chi connectivity index (χ0) is 20.7. The summed E-state index contributed by atoms with van der Waals surface area (Å²) in [6, 6.07) is 10.9. The number of Topliss-reactive ketones (excluding diaryl/α,β-unsaturated/α-hetero) is 1. The van der Waals surface area contributed by atoms with Gasteiger partial charge in [-0.3, -0.25) is 14.4 Å². The van der Waals surface area contributed by atoms with E-state index in [0.29, 0.717) is 11.3 Å². The number of nitrogens with one attached hydrogen (secondary N) is 1. The van der Waals surface area contributed by atoms with E-state index < -0.39 is 11.2 Å². The molecule has 0 bridgehead atoms. The van der Waals surface area contributed by atoms with Crippen molar-refractivity contribution in [2.24, 2.45) is 0 Å². The monoisotopic (exact) mass is 403 g/mol. The summed E-state index contributed by atoms with van der Waals surface area (Å²) in [7, 11) is 0. The quantitative estimate of drug-likeness (QED) is 0.534. The van der Waals surface area contributed by atoms with Gasteiger partial charge in [-0.15, -0.1) is 11.8 Å². The number of aryl methyl sites for hydroxylation is 2. The van der Waals surface area contributed by atoms with E-state index in [9.17, 15) is 18.8 Å². The Morgan fingerprint density at radius 1 is 1.11 bits per heavy atom. The highest BCUT2D eigenvalue weighted by Gasteiger charge is 2.19. The van der Waals surface area contributed by atoms with Crippen molar-refractivity contribution in [3.63, 3.8) is 0 Å². The fourth-order valence-corrected chi connectivity index (χ4v) is 3.04. The van der Waals surface area contributed by atoms with Crippen molar-refractivity contribution >= 4 is 35.1 Å². The molecule has 0 fully saturated rings. The van der Waals surface area contributed by atoms with Crippen LogP contribution < -0.4 is 5.32 Å². The number of halogens is 1. The van der Waals surface area contributed by atoms with Crippen molar-refractivity contribution in [2.45, 2.75) is 26.0 Å². The molecule has 148 valence electrons. The van der Waals surface area contributed by atoms with Crippen LogP contribution >= 0.6 is 11.8 Å². The summed E-state index contributed by atoms with van der Waals surface area (Å²) >= 11 is 1.10. The number of ether oxygens (including phenoxy) is 1. The van der Waals surface area contributed by atoms with E-state index >= 15 is 0 Å². The molecule has 0 aliphatic heterocycles. The van der Waals surface area contributed by atoms with Crippen molar-refractivity contribution in [2.75, 3.05) is 17.7 Å². The van der Waals surface area contributed by atoms with E-state index in [2.05, 4.69) is 5.32 Å². The molecule has 2 aromatic carbocycles. The molecule has 5 nitrogen and oxygen atoms in total. The number of carbonyl (C=O) groups is 3. The Labute approximate surface area is 167 Å². The highest BCUT2D eigenvalue weighted by molar-refractivity contribution is 8.01. The summed E-state index contributed by atoms with van der Waals surface area (Å²) in [4.78, 5) is 36.2. The second-order valence-electron chi connectivity index (χ2n) is 6.36. The molecule has 0 saturated heterocycles. The molecule has 7 heteroatoms. The van der Waals surface area contributed by atoms with Crippen LogP contribution in [0, 0.1) is 19.7 Å². The first kappa shape index (κ1) is 21.6. The van der Waals surface area contributed by atoms with Crippen molar-refractivity contribution in [1.82, 2.24) is 0 Å². The topological polar surface area (TPSA) is 72.5 Å². The second-order valence-corrected chi connectivity index (χ2v) is 7.69. The molecule has 2 rings (SSSR count). The molecule has 2 aromatic rings. The van der Waals surface area contributed by atoms with Crippen LogP contribution in [-0.2, 0) is 14.3 Å². The molecule has 0 aromatic heterocycles. The zero-order valence-electron chi connectivity index (χ0n) is 16.0. The fraction of sp³-hybridized carbons (Fsp3) is 0.286. The van der Waals surface area contributed by atoms with E-state index in [-0.39, 0.29) is 29.9 Å². The molecule has 1 unspecified atom stereocenters. The maximum absolute atomic E-state index is 12.9. The predicted molar refractivity (Wildman–Crippen MR) is 108 cm³/mol. The third-order valence-corrected chi connectivity index (χ3v) is 5.08. The summed E-state index contributed by atoms with van der Waals surface area (Å²) in [6.45, 7) is 4.99. The van der Waals surface area contributed by atoms with Gasteiger partial charge in [0.15, 0.2) is 6.61 Å². The molecule has 1 N–H and O–H groups in total. The number of hydrogen-bond acceptors (Lipinski definition) is 5. The molecule has 1 atom stereocenters. The summed E-state index contributed by atoms with van der Waals surface area (Å²) in [5.41, 5.74) is 2.79. The van der Waals surface area contributed by atoms with Gasteiger partial charge in [-0.05, 0) is 56.7 Å². The first-order valence-corrected chi connectivity index (χ1v) is 9.75. The largest absolute Gasteiger partial charge is 0.456 e. The average Bonchev–Trinajstić information content (AvgIpc) is 2.67. The molecule has 0 saturated carbocycles. The SMILES string of the molecule is Cc1ccc(C)c(C(=O)COC(=O)C(C)SCC(=O)Nc2ccc(F)cc2)c1. The summed E-state index contributed by atoms with van der Waals surface area (Å²) in [5.74, 6) is -1.50. The lowest BCUT2D eigenvalue weighted by atomic mass is 10.0. The number of thioether (sulfide) groups is 1.